The van der Waals surface area contributed by atoms with Crippen LogP contribution in [0.15, 0.2) is 64.8 Å². The van der Waals surface area contributed by atoms with Crippen molar-refractivity contribution in [3.8, 4) is 0 Å². The molecule has 1 N–H and O–H groups in total. The van der Waals surface area contributed by atoms with Gasteiger partial charge in [0.1, 0.15) is 5.82 Å². The van der Waals surface area contributed by atoms with Crippen LogP contribution in [0.1, 0.15) is 83.5 Å². The van der Waals surface area contributed by atoms with Gasteiger partial charge in [-0.3, -0.25) is 4.99 Å². The summed E-state index contributed by atoms with van der Waals surface area (Å²) in [5.41, 5.74) is 6.70. The zero-order chi connectivity index (χ0) is 26.0. The molecular formula is C30H37Cl2FN2. The summed E-state index contributed by atoms with van der Waals surface area (Å²) in [7, 11) is 0. The van der Waals surface area contributed by atoms with Gasteiger partial charge in [-0.25, -0.2) is 4.39 Å². The summed E-state index contributed by atoms with van der Waals surface area (Å²) >= 11 is 12.0. The van der Waals surface area contributed by atoms with Crippen molar-refractivity contribution in [3.05, 3.63) is 92.5 Å². The number of rotatable bonds is 8. The lowest BCUT2D eigenvalue weighted by molar-refractivity contribution is 0.630. The molecule has 0 spiro atoms. The number of unbranched alkanes of at least 4 members (excludes halogenated alkanes) is 1. The highest BCUT2D eigenvalue weighted by Gasteiger charge is 2.19. The van der Waals surface area contributed by atoms with E-state index in [1.165, 1.54) is 22.8 Å². The zero-order valence-electron chi connectivity index (χ0n) is 21.7. The zero-order valence-corrected chi connectivity index (χ0v) is 23.2. The molecule has 188 valence electrons. The molecule has 0 bridgehead atoms. The second kappa shape index (κ2) is 14.3. The van der Waals surface area contributed by atoms with Gasteiger partial charge in [0.05, 0.1) is 5.02 Å². The quantitative estimate of drug-likeness (QED) is 0.289. The number of aryl methyl sites for hydroxylation is 1. The van der Waals surface area contributed by atoms with Crippen LogP contribution in [0, 0.1) is 5.82 Å². The SMILES string of the molecule is CC/C=C(\C)N=CC=C(C)C.CCCCc1c(C(C)c2ccc(Cl)cc2)[nH]c2cc(F)c(Cl)cc12. The first-order chi connectivity index (χ1) is 16.7. The molecule has 0 saturated heterocycles. The maximum absolute atomic E-state index is 13.8. The molecule has 35 heavy (non-hydrogen) atoms. The number of aromatic amines is 1. The van der Waals surface area contributed by atoms with Crippen molar-refractivity contribution in [1.29, 1.82) is 0 Å². The highest BCUT2D eigenvalue weighted by molar-refractivity contribution is 6.31. The Morgan fingerprint density at radius 3 is 2.37 bits per heavy atom. The van der Waals surface area contributed by atoms with Gasteiger partial charge >= 0.3 is 0 Å². The second-order valence-corrected chi connectivity index (χ2v) is 9.83. The number of halogens is 3. The Bertz CT molecular complexity index is 1180. The number of fused-ring (bicyclic) bond motifs is 1. The van der Waals surface area contributed by atoms with E-state index in [0.717, 1.165) is 53.0 Å². The van der Waals surface area contributed by atoms with E-state index in [9.17, 15) is 4.39 Å². The summed E-state index contributed by atoms with van der Waals surface area (Å²) in [4.78, 5) is 7.64. The van der Waals surface area contributed by atoms with E-state index in [1.54, 1.807) is 6.07 Å². The lowest BCUT2D eigenvalue weighted by Crippen LogP contribution is -2.00. The van der Waals surface area contributed by atoms with Gasteiger partial charge in [-0.1, -0.05) is 74.2 Å². The summed E-state index contributed by atoms with van der Waals surface area (Å²) in [6.07, 6.45) is 10.2. The molecule has 0 aliphatic heterocycles. The third-order valence-corrected chi connectivity index (χ3v) is 6.29. The van der Waals surface area contributed by atoms with Crippen LogP contribution in [0.25, 0.3) is 10.9 Å². The average molecular weight is 516 g/mol. The predicted octanol–water partition coefficient (Wildman–Crippen LogP) is 10.4. The fourth-order valence-electron chi connectivity index (χ4n) is 3.83. The smallest absolute Gasteiger partial charge is 0.143 e. The number of allylic oxidation sites excluding steroid dienone is 4. The minimum Gasteiger partial charge on any atom is -0.358 e. The Balaban J connectivity index is 0.000000334. The molecule has 0 fully saturated rings. The second-order valence-electron chi connectivity index (χ2n) is 8.98. The van der Waals surface area contributed by atoms with Crippen LogP contribution in [0.3, 0.4) is 0 Å². The first-order valence-corrected chi connectivity index (χ1v) is 13.0. The molecule has 5 heteroatoms. The van der Waals surface area contributed by atoms with E-state index in [2.05, 4.69) is 50.7 Å². The summed E-state index contributed by atoms with van der Waals surface area (Å²) in [5, 5.41) is 1.92. The van der Waals surface area contributed by atoms with Gasteiger partial charge in [0.25, 0.3) is 0 Å². The number of H-pyrrole nitrogens is 1. The van der Waals surface area contributed by atoms with E-state index in [0.29, 0.717) is 0 Å². The summed E-state index contributed by atoms with van der Waals surface area (Å²) in [6, 6.07) is 11.1. The first kappa shape index (κ1) is 28.9. The normalized spacial score (nSPS) is 12.5. The largest absolute Gasteiger partial charge is 0.358 e. The van der Waals surface area contributed by atoms with Gasteiger partial charge in [0.2, 0.25) is 0 Å². The Hall–Kier alpha value is -2.36. The minimum atomic E-state index is -0.391. The average Bonchev–Trinajstić information content (AvgIpc) is 3.15. The van der Waals surface area contributed by atoms with Crippen LogP contribution >= 0.6 is 23.2 Å². The molecular weight excluding hydrogens is 478 g/mol. The first-order valence-electron chi connectivity index (χ1n) is 12.3. The van der Waals surface area contributed by atoms with Gasteiger partial charge in [-0.15, -0.1) is 0 Å². The molecule has 0 aliphatic rings. The molecule has 0 amide bonds. The highest BCUT2D eigenvalue weighted by Crippen LogP contribution is 2.35. The van der Waals surface area contributed by atoms with E-state index in [4.69, 9.17) is 23.2 Å². The Morgan fingerprint density at radius 1 is 1.09 bits per heavy atom. The van der Waals surface area contributed by atoms with Gasteiger partial charge in [0, 0.05) is 39.4 Å². The molecule has 2 aromatic carbocycles. The van der Waals surface area contributed by atoms with E-state index in [-0.39, 0.29) is 10.9 Å². The van der Waals surface area contributed by atoms with Crippen LogP contribution in [0.2, 0.25) is 10.0 Å². The maximum Gasteiger partial charge on any atom is 0.143 e. The van der Waals surface area contributed by atoms with Crippen molar-refractivity contribution in [3.63, 3.8) is 0 Å². The molecule has 0 radical (unpaired) electrons. The molecule has 3 rings (SSSR count). The summed E-state index contributed by atoms with van der Waals surface area (Å²) in [5.74, 6) is -0.221. The number of nitrogens with zero attached hydrogens (tertiary/aromatic N) is 1. The standard InChI is InChI=1S/C20H20Cl2FN.C10H17N/c1-3-4-5-15-16-10-17(22)18(23)11-19(16)24-20(15)12(2)13-6-8-14(21)9-7-13;1-5-6-10(4)11-8-7-9(2)3/h6-12,24H,3-5H2,1-2H3;6-8H,5H2,1-4H3/b;10-6+,11-8?. The van der Waals surface area contributed by atoms with Crippen LogP contribution < -0.4 is 0 Å². The number of aliphatic imine (C=N–C) groups is 1. The molecule has 3 aromatic rings. The Morgan fingerprint density at radius 2 is 1.77 bits per heavy atom. The number of hydrogen-bond acceptors (Lipinski definition) is 1. The lowest BCUT2D eigenvalue weighted by atomic mass is 9.92. The fraction of sp³-hybridized carbons (Fsp3) is 0.367. The fourth-order valence-corrected chi connectivity index (χ4v) is 4.12. The number of nitrogens with one attached hydrogen (secondary N) is 1. The molecule has 1 atom stereocenters. The van der Waals surface area contributed by atoms with Crippen LogP contribution in [-0.4, -0.2) is 11.2 Å². The molecule has 2 nitrogen and oxygen atoms in total. The van der Waals surface area contributed by atoms with Crippen molar-refractivity contribution in [1.82, 2.24) is 4.98 Å². The van der Waals surface area contributed by atoms with Crippen molar-refractivity contribution in [2.45, 2.75) is 73.1 Å². The van der Waals surface area contributed by atoms with Crippen LogP contribution in [0.5, 0.6) is 0 Å². The number of aromatic nitrogens is 1. The van der Waals surface area contributed by atoms with Crippen molar-refractivity contribution in [2.75, 3.05) is 0 Å². The van der Waals surface area contributed by atoms with E-state index < -0.39 is 5.82 Å². The Kier molecular flexibility index (Phi) is 11.8. The van der Waals surface area contributed by atoms with Crippen molar-refractivity contribution < 1.29 is 4.39 Å². The molecule has 1 unspecified atom stereocenters. The third-order valence-electron chi connectivity index (χ3n) is 5.75. The lowest BCUT2D eigenvalue weighted by Gasteiger charge is -2.14. The summed E-state index contributed by atoms with van der Waals surface area (Å²) in [6.45, 7) is 12.6. The van der Waals surface area contributed by atoms with Crippen molar-refractivity contribution in [2.24, 2.45) is 4.99 Å². The van der Waals surface area contributed by atoms with Gasteiger partial charge in [-0.2, -0.15) is 0 Å². The molecule has 1 aromatic heterocycles. The monoisotopic (exact) mass is 514 g/mol. The van der Waals surface area contributed by atoms with Gasteiger partial charge in [0.15, 0.2) is 0 Å². The molecule has 0 aliphatic carbocycles. The third kappa shape index (κ3) is 8.66. The predicted molar refractivity (Wildman–Crippen MR) is 153 cm³/mol. The Labute approximate surface area is 220 Å². The van der Waals surface area contributed by atoms with Crippen LogP contribution in [-0.2, 0) is 6.42 Å². The van der Waals surface area contributed by atoms with Crippen molar-refractivity contribution >= 4 is 40.3 Å². The topological polar surface area (TPSA) is 28.1 Å². The van der Waals surface area contributed by atoms with Gasteiger partial charge < -0.3 is 4.98 Å². The minimum absolute atomic E-state index is 0.170. The highest BCUT2D eigenvalue weighted by atomic mass is 35.5. The molecule has 1 heterocycles. The van der Waals surface area contributed by atoms with E-state index in [1.807, 2.05) is 43.5 Å². The number of hydrogen-bond donors (Lipinski definition) is 1. The maximum atomic E-state index is 13.8. The van der Waals surface area contributed by atoms with E-state index >= 15 is 0 Å². The molecule has 0 saturated carbocycles. The summed E-state index contributed by atoms with van der Waals surface area (Å²) < 4.78 is 13.8. The number of benzene rings is 2. The van der Waals surface area contributed by atoms with Gasteiger partial charge in [-0.05, 0) is 81.5 Å². The van der Waals surface area contributed by atoms with Crippen LogP contribution in [0.4, 0.5) is 4.39 Å².